The monoisotopic (exact) mass is 336 g/mol. The van der Waals surface area contributed by atoms with Gasteiger partial charge in [0.2, 0.25) is 0 Å². The molecular formula is C17H24N2O3S. The van der Waals surface area contributed by atoms with Gasteiger partial charge in [0.05, 0.1) is 11.8 Å². The van der Waals surface area contributed by atoms with E-state index < -0.39 is 17.9 Å². The number of anilines is 1. The number of benzene rings is 1. The van der Waals surface area contributed by atoms with E-state index in [4.69, 9.17) is 0 Å². The Morgan fingerprint density at radius 2 is 1.91 bits per heavy atom. The number of para-hydroxylation sites is 1. The SMILES string of the molecule is CSc1ccccc1NC(=O)C(=O)NC[C@@H](O)C1CCCCC1. The fourth-order valence-corrected chi connectivity index (χ4v) is 3.44. The van der Waals surface area contributed by atoms with Gasteiger partial charge in [0.1, 0.15) is 0 Å². The topological polar surface area (TPSA) is 78.4 Å². The van der Waals surface area contributed by atoms with E-state index in [0.29, 0.717) is 5.69 Å². The Morgan fingerprint density at radius 1 is 1.22 bits per heavy atom. The zero-order valence-corrected chi connectivity index (χ0v) is 14.2. The second kappa shape index (κ2) is 8.93. The maximum absolute atomic E-state index is 12.0. The van der Waals surface area contributed by atoms with Crippen LogP contribution in [0.15, 0.2) is 29.2 Å². The fraction of sp³-hybridized carbons (Fsp3) is 0.529. The molecule has 0 aromatic heterocycles. The van der Waals surface area contributed by atoms with Crippen LogP contribution in [0.4, 0.5) is 5.69 Å². The number of thioether (sulfide) groups is 1. The molecule has 3 N–H and O–H groups in total. The van der Waals surface area contributed by atoms with Crippen molar-refractivity contribution in [3.8, 4) is 0 Å². The molecule has 0 unspecified atom stereocenters. The van der Waals surface area contributed by atoms with Gasteiger partial charge in [-0.3, -0.25) is 9.59 Å². The normalized spacial score (nSPS) is 16.6. The molecule has 1 fully saturated rings. The average Bonchev–Trinajstić information content (AvgIpc) is 2.60. The summed E-state index contributed by atoms with van der Waals surface area (Å²) in [5.74, 6) is -1.19. The number of nitrogens with one attached hydrogen (secondary N) is 2. The summed E-state index contributed by atoms with van der Waals surface area (Å²) < 4.78 is 0. The summed E-state index contributed by atoms with van der Waals surface area (Å²) >= 11 is 1.50. The van der Waals surface area contributed by atoms with Gasteiger partial charge in [-0.25, -0.2) is 0 Å². The second-order valence-corrected chi connectivity index (χ2v) is 6.68. The molecular weight excluding hydrogens is 312 g/mol. The first-order valence-electron chi connectivity index (χ1n) is 8.02. The summed E-state index contributed by atoms with van der Waals surface area (Å²) in [7, 11) is 0. The van der Waals surface area contributed by atoms with Crippen LogP contribution in [-0.4, -0.2) is 35.8 Å². The number of amides is 2. The standard InChI is InChI=1S/C17H24N2O3S/c1-23-15-10-6-5-9-13(15)19-17(22)16(21)18-11-14(20)12-7-3-2-4-8-12/h5-6,9-10,12,14,20H,2-4,7-8,11H2,1H3,(H,18,21)(H,19,22)/t14-/m1/s1. The van der Waals surface area contributed by atoms with E-state index in [1.54, 1.807) is 12.1 Å². The maximum atomic E-state index is 12.0. The van der Waals surface area contributed by atoms with Crippen LogP contribution >= 0.6 is 11.8 Å². The van der Waals surface area contributed by atoms with Gasteiger partial charge in [0.15, 0.2) is 0 Å². The molecule has 5 nitrogen and oxygen atoms in total. The first-order valence-corrected chi connectivity index (χ1v) is 9.24. The third-order valence-electron chi connectivity index (χ3n) is 4.23. The molecule has 0 radical (unpaired) electrons. The number of carbonyl (C=O) groups is 2. The lowest BCUT2D eigenvalue weighted by molar-refractivity contribution is -0.136. The van der Waals surface area contributed by atoms with E-state index in [1.807, 2.05) is 18.4 Å². The quantitative estimate of drug-likeness (QED) is 0.570. The molecule has 0 aliphatic heterocycles. The molecule has 1 aromatic carbocycles. The van der Waals surface area contributed by atoms with E-state index >= 15 is 0 Å². The third-order valence-corrected chi connectivity index (χ3v) is 5.02. The molecule has 2 amide bonds. The molecule has 1 atom stereocenters. The smallest absolute Gasteiger partial charge is 0.313 e. The van der Waals surface area contributed by atoms with Gasteiger partial charge in [0.25, 0.3) is 0 Å². The number of hydrogen-bond acceptors (Lipinski definition) is 4. The van der Waals surface area contributed by atoms with Gasteiger partial charge in [0, 0.05) is 11.4 Å². The number of aliphatic hydroxyl groups excluding tert-OH is 1. The average molecular weight is 336 g/mol. The molecule has 1 aliphatic carbocycles. The van der Waals surface area contributed by atoms with Crippen LogP contribution in [0.25, 0.3) is 0 Å². The summed E-state index contributed by atoms with van der Waals surface area (Å²) in [5.41, 5.74) is 0.618. The molecule has 2 rings (SSSR count). The lowest BCUT2D eigenvalue weighted by atomic mass is 9.85. The van der Waals surface area contributed by atoms with Crippen LogP contribution < -0.4 is 10.6 Å². The minimum absolute atomic E-state index is 0.126. The van der Waals surface area contributed by atoms with E-state index in [1.165, 1.54) is 18.2 Å². The van der Waals surface area contributed by atoms with Gasteiger partial charge in [-0.2, -0.15) is 0 Å². The van der Waals surface area contributed by atoms with Crippen molar-refractivity contribution in [2.24, 2.45) is 5.92 Å². The Hall–Kier alpha value is -1.53. The Morgan fingerprint density at radius 3 is 2.61 bits per heavy atom. The van der Waals surface area contributed by atoms with Crippen molar-refractivity contribution in [1.29, 1.82) is 0 Å². The largest absolute Gasteiger partial charge is 0.391 e. The Kier molecular flexibility index (Phi) is 6.92. The van der Waals surface area contributed by atoms with Gasteiger partial charge < -0.3 is 15.7 Å². The molecule has 0 saturated heterocycles. The summed E-state index contributed by atoms with van der Waals surface area (Å²) in [4.78, 5) is 24.7. The number of aliphatic hydroxyl groups is 1. The second-order valence-electron chi connectivity index (χ2n) is 5.83. The van der Waals surface area contributed by atoms with E-state index in [2.05, 4.69) is 10.6 Å². The van der Waals surface area contributed by atoms with E-state index in [0.717, 1.165) is 30.6 Å². The maximum Gasteiger partial charge on any atom is 0.313 e. The van der Waals surface area contributed by atoms with Crippen LogP contribution in [0.5, 0.6) is 0 Å². The summed E-state index contributed by atoms with van der Waals surface area (Å²) in [6, 6.07) is 7.32. The molecule has 23 heavy (non-hydrogen) atoms. The molecule has 1 saturated carbocycles. The highest BCUT2D eigenvalue weighted by molar-refractivity contribution is 7.98. The van der Waals surface area contributed by atoms with Crippen molar-refractivity contribution in [3.63, 3.8) is 0 Å². The molecule has 0 spiro atoms. The van der Waals surface area contributed by atoms with Crippen LogP contribution in [0, 0.1) is 5.92 Å². The van der Waals surface area contributed by atoms with Crippen LogP contribution in [0.2, 0.25) is 0 Å². The van der Waals surface area contributed by atoms with Crippen molar-refractivity contribution >= 4 is 29.3 Å². The van der Waals surface area contributed by atoms with Crippen LogP contribution in [-0.2, 0) is 9.59 Å². The molecule has 1 aromatic rings. The minimum Gasteiger partial charge on any atom is -0.391 e. The number of carbonyl (C=O) groups excluding carboxylic acids is 2. The zero-order chi connectivity index (χ0) is 16.7. The summed E-state index contributed by atoms with van der Waals surface area (Å²) in [5, 5.41) is 15.3. The van der Waals surface area contributed by atoms with Gasteiger partial charge >= 0.3 is 11.8 Å². The van der Waals surface area contributed by atoms with Crippen molar-refractivity contribution < 1.29 is 14.7 Å². The number of rotatable bonds is 5. The summed E-state index contributed by atoms with van der Waals surface area (Å²) in [6.45, 7) is 0.126. The highest BCUT2D eigenvalue weighted by Gasteiger charge is 2.23. The molecule has 6 heteroatoms. The van der Waals surface area contributed by atoms with Crippen molar-refractivity contribution in [1.82, 2.24) is 5.32 Å². The Labute approximate surface area is 141 Å². The highest BCUT2D eigenvalue weighted by Crippen LogP contribution is 2.26. The first-order chi connectivity index (χ1) is 11.1. The van der Waals surface area contributed by atoms with E-state index in [9.17, 15) is 14.7 Å². The zero-order valence-electron chi connectivity index (χ0n) is 13.4. The minimum atomic E-state index is -0.712. The van der Waals surface area contributed by atoms with Gasteiger partial charge in [-0.1, -0.05) is 31.4 Å². The third kappa shape index (κ3) is 5.25. The lowest BCUT2D eigenvalue weighted by Gasteiger charge is -2.26. The molecule has 126 valence electrons. The lowest BCUT2D eigenvalue weighted by Crippen LogP contribution is -2.42. The molecule has 1 aliphatic rings. The van der Waals surface area contributed by atoms with Gasteiger partial charge in [-0.05, 0) is 37.1 Å². The fourth-order valence-electron chi connectivity index (χ4n) is 2.89. The number of hydrogen-bond donors (Lipinski definition) is 3. The highest BCUT2D eigenvalue weighted by atomic mass is 32.2. The van der Waals surface area contributed by atoms with Crippen LogP contribution in [0.3, 0.4) is 0 Å². The van der Waals surface area contributed by atoms with E-state index in [-0.39, 0.29) is 12.5 Å². The van der Waals surface area contributed by atoms with Gasteiger partial charge in [-0.15, -0.1) is 11.8 Å². The predicted molar refractivity (Wildman–Crippen MR) is 92.4 cm³/mol. The van der Waals surface area contributed by atoms with Crippen molar-refractivity contribution in [2.45, 2.75) is 43.1 Å². The van der Waals surface area contributed by atoms with Crippen molar-refractivity contribution in [3.05, 3.63) is 24.3 Å². The predicted octanol–water partition coefficient (Wildman–Crippen LogP) is 2.40. The molecule has 0 bridgehead atoms. The first kappa shape index (κ1) is 17.8. The van der Waals surface area contributed by atoms with Crippen LogP contribution in [0.1, 0.15) is 32.1 Å². The molecule has 0 heterocycles. The Bertz CT molecular complexity index is 544. The summed E-state index contributed by atoms with van der Waals surface area (Å²) in [6.07, 6.45) is 6.78. The Balaban J connectivity index is 1.81. The van der Waals surface area contributed by atoms with Crippen molar-refractivity contribution in [2.75, 3.05) is 18.1 Å².